The van der Waals surface area contributed by atoms with Crippen molar-refractivity contribution < 1.29 is 9.59 Å². The monoisotopic (exact) mass is 328 g/mol. The Morgan fingerprint density at radius 3 is 2.29 bits per heavy atom. The zero-order valence-electron chi connectivity index (χ0n) is 12.2. The summed E-state index contributed by atoms with van der Waals surface area (Å²) in [5.41, 5.74) is 0.269. The third-order valence-electron chi connectivity index (χ3n) is 3.44. The lowest BCUT2D eigenvalue weighted by atomic mass is 10.1. The Bertz CT molecular complexity index is 561. The predicted octanol–water partition coefficient (Wildman–Crippen LogP) is 3.58. The number of nitrogens with zero attached hydrogens (tertiary/aromatic N) is 1. The molecular formula is C15H18Cl2N2O2. The largest absolute Gasteiger partial charge is 0.337 e. The number of amides is 2. The molecule has 2 amide bonds. The summed E-state index contributed by atoms with van der Waals surface area (Å²) in [4.78, 5) is 26.0. The van der Waals surface area contributed by atoms with Gasteiger partial charge in [0.15, 0.2) is 0 Å². The average Bonchev–Trinajstić information content (AvgIpc) is 2.69. The van der Waals surface area contributed by atoms with E-state index in [4.69, 9.17) is 23.2 Å². The van der Waals surface area contributed by atoms with E-state index in [1.807, 2.05) is 20.8 Å². The summed E-state index contributed by atoms with van der Waals surface area (Å²) in [6.45, 7) is 6.31. The molecule has 1 heterocycles. The molecule has 6 heteroatoms. The Morgan fingerprint density at radius 1 is 1.24 bits per heavy atom. The summed E-state index contributed by atoms with van der Waals surface area (Å²) in [5, 5.41) is 3.68. The van der Waals surface area contributed by atoms with E-state index in [1.165, 1.54) is 0 Å². The van der Waals surface area contributed by atoms with Crippen molar-refractivity contribution in [3.05, 3.63) is 28.2 Å². The second-order valence-electron chi connectivity index (χ2n) is 6.22. The standard InChI is InChI=1S/C15H18Cl2N2O2/c1-15(2,3)19-8-9(4-13(19)20)14(21)18-12-6-10(16)5-11(17)7-12/h5-7,9H,4,8H2,1-3H3,(H,18,21). The van der Waals surface area contributed by atoms with Crippen molar-refractivity contribution in [1.29, 1.82) is 0 Å². The van der Waals surface area contributed by atoms with Crippen LogP contribution in [0.5, 0.6) is 0 Å². The fourth-order valence-corrected chi connectivity index (χ4v) is 2.93. The molecule has 0 spiro atoms. The van der Waals surface area contributed by atoms with E-state index in [2.05, 4.69) is 5.32 Å². The minimum absolute atomic E-state index is 0.00627. The van der Waals surface area contributed by atoms with Gasteiger partial charge in [0, 0.05) is 34.2 Å². The van der Waals surface area contributed by atoms with Gasteiger partial charge in [-0.25, -0.2) is 0 Å². The number of halogens is 2. The van der Waals surface area contributed by atoms with Gasteiger partial charge in [0.2, 0.25) is 11.8 Å². The number of nitrogens with one attached hydrogen (secondary N) is 1. The fourth-order valence-electron chi connectivity index (χ4n) is 2.40. The molecule has 21 heavy (non-hydrogen) atoms. The highest BCUT2D eigenvalue weighted by Crippen LogP contribution is 2.28. The van der Waals surface area contributed by atoms with Crippen molar-refractivity contribution in [3.63, 3.8) is 0 Å². The summed E-state index contributed by atoms with van der Waals surface area (Å²) < 4.78 is 0. The zero-order valence-corrected chi connectivity index (χ0v) is 13.8. The molecule has 4 nitrogen and oxygen atoms in total. The Morgan fingerprint density at radius 2 is 1.81 bits per heavy atom. The van der Waals surface area contributed by atoms with Crippen LogP contribution in [-0.4, -0.2) is 28.8 Å². The third kappa shape index (κ3) is 3.89. The quantitative estimate of drug-likeness (QED) is 0.902. The lowest BCUT2D eigenvalue weighted by molar-refractivity contribution is -0.131. The maximum atomic E-state index is 12.3. The van der Waals surface area contributed by atoms with Crippen LogP contribution in [-0.2, 0) is 9.59 Å². The van der Waals surface area contributed by atoms with E-state index in [0.29, 0.717) is 22.3 Å². The van der Waals surface area contributed by atoms with Crippen LogP contribution in [0.25, 0.3) is 0 Å². The predicted molar refractivity (Wildman–Crippen MR) is 84.7 cm³/mol. The van der Waals surface area contributed by atoms with Crippen LogP contribution in [0.2, 0.25) is 10.0 Å². The number of carbonyl (C=O) groups excluding carboxylic acids is 2. The van der Waals surface area contributed by atoms with Gasteiger partial charge in [-0.2, -0.15) is 0 Å². The first-order valence-electron chi connectivity index (χ1n) is 6.74. The minimum Gasteiger partial charge on any atom is -0.337 e. The number of anilines is 1. The molecule has 114 valence electrons. The van der Waals surface area contributed by atoms with E-state index < -0.39 is 0 Å². The van der Waals surface area contributed by atoms with Crippen molar-refractivity contribution in [2.45, 2.75) is 32.7 Å². The maximum absolute atomic E-state index is 12.3. The Labute approximate surface area is 134 Å². The first-order chi connectivity index (χ1) is 9.66. The summed E-state index contributed by atoms with van der Waals surface area (Å²) in [7, 11) is 0. The summed E-state index contributed by atoms with van der Waals surface area (Å²) in [6, 6.07) is 4.85. The second kappa shape index (κ2) is 5.85. The van der Waals surface area contributed by atoms with Gasteiger partial charge in [0.25, 0.3) is 0 Å². The number of rotatable bonds is 2. The molecular weight excluding hydrogens is 311 g/mol. The Hall–Kier alpha value is -1.26. The summed E-state index contributed by atoms with van der Waals surface area (Å²) in [5.74, 6) is -0.533. The van der Waals surface area contributed by atoms with Crippen LogP contribution >= 0.6 is 23.2 Å². The fraction of sp³-hybridized carbons (Fsp3) is 0.467. The number of benzene rings is 1. The molecule has 1 N–H and O–H groups in total. The highest BCUT2D eigenvalue weighted by atomic mass is 35.5. The van der Waals surface area contributed by atoms with Crippen LogP contribution in [0.3, 0.4) is 0 Å². The highest BCUT2D eigenvalue weighted by Gasteiger charge is 2.39. The molecule has 1 atom stereocenters. The van der Waals surface area contributed by atoms with Crippen molar-refractivity contribution in [1.82, 2.24) is 4.90 Å². The van der Waals surface area contributed by atoms with Gasteiger partial charge in [-0.15, -0.1) is 0 Å². The van der Waals surface area contributed by atoms with E-state index in [0.717, 1.165) is 0 Å². The number of carbonyl (C=O) groups is 2. The molecule has 0 saturated carbocycles. The zero-order chi connectivity index (χ0) is 15.8. The van der Waals surface area contributed by atoms with E-state index in [9.17, 15) is 9.59 Å². The van der Waals surface area contributed by atoms with Gasteiger partial charge in [-0.3, -0.25) is 9.59 Å². The molecule has 1 fully saturated rings. The number of hydrogen-bond acceptors (Lipinski definition) is 2. The van der Waals surface area contributed by atoms with Crippen LogP contribution in [0.4, 0.5) is 5.69 Å². The SMILES string of the molecule is CC(C)(C)N1CC(C(=O)Nc2cc(Cl)cc(Cl)c2)CC1=O. The van der Waals surface area contributed by atoms with Crippen molar-refractivity contribution in [3.8, 4) is 0 Å². The normalized spacial score (nSPS) is 19.0. The van der Waals surface area contributed by atoms with Gasteiger partial charge in [-0.1, -0.05) is 23.2 Å². The highest BCUT2D eigenvalue weighted by molar-refractivity contribution is 6.35. The van der Waals surface area contributed by atoms with E-state index >= 15 is 0 Å². The molecule has 1 aliphatic heterocycles. The topological polar surface area (TPSA) is 49.4 Å². The Balaban J connectivity index is 2.07. The lowest BCUT2D eigenvalue weighted by Gasteiger charge is -2.31. The van der Waals surface area contributed by atoms with E-state index in [1.54, 1.807) is 23.1 Å². The molecule has 1 aromatic rings. The first kappa shape index (κ1) is 16.1. The average molecular weight is 329 g/mol. The molecule has 1 saturated heterocycles. The molecule has 0 aromatic heterocycles. The third-order valence-corrected chi connectivity index (χ3v) is 3.87. The van der Waals surface area contributed by atoms with Gasteiger partial charge in [-0.05, 0) is 39.0 Å². The molecule has 0 radical (unpaired) electrons. The lowest BCUT2D eigenvalue weighted by Crippen LogP contribution is -2.42. The smallest absolute Gasteiger partial charge is 0.229 e. The Kier molecular flexibility index (Phi) is 4.49. The minimum atomic E-state index is -0.352. The van der Waals surface area contributed by atoms with E-state index in [-0.39, 0.29) is 29.7 Å². The second-order valence-corrected chi connectivity index (χ2v) is 7.10. The van der Waals surface area contributed by atoms with Gasteiger partial charge < -0.3 is 10.2 Å². The summed E-state index contributed by atoms with van der Waals surface area (Å²) in [6.07, 6.45) is 0.234. The van der Waals surface area contributed by atoms with Crippen molar-refractivity contribution >= 4 is 40.7 Å². The first-order valence-corrected chi connectivity index (χ1v) is 7.50. The van der Waals surface area contributed by atoms with Crippen molar-refractivity contribution in [2.75, 3.05) is 11.9 Å². The van der Waals surface area contributed by atoms with Gasteiger partial charge in [0.05, 0.1) is 5.92 Å². The van der Waals surface area contributed by atoms with Gasteiger partial charge in [0.1, 0.15) is 0 Å². The van der Waals surface area contributed by atoms with Crippen LogP contribution in [0, 0.1) is 5.92 Å². The molecule has 0 bridgehead atoms. The van der Waals surface area contributed by atoms with Crippen LogP contribution in [0.15, 0.2) is 18.2 Å². The molecule has 1 aliphatic rings. The van der Waals surface area contributed by atoms with Crippen LogP contribution in [0.1, 0.15) is 27.2 Å². The maximum Gasteiger partial charge on any atom is 0.229 e. The summed E-state index contributed by atoms with van der Waals surface area (Å²) >= 11 is 11.8. The van der Waals surface area contributed by atoms with Gasteiger partial charge >= 0.3 is 0 Å². The number of hydrogen-bond donors (Lipinski definition) is 1. The van der Waals surface area contributed by atoms with Crippen LogP contribution < -0.4 is 5.32 Å². The molecule has 1 unspecified atom stereocenters. The number of likely N-dealkylation sites (tertiary alicyclic amines) is 1. The van der Waals surface area contributed by atoms with Crippen molar-refractivity contribution in [2.24, 2.45) is 5.92 Å². The molecule has 2 rings (SSSR count). The molecule has 0 aliphatic carbocycles. The molecule has 1 aromatic carbocycles.